The summed E-state index contributed by atoms with van der Waals surface area (Å²) in [5.74, 6) is 1.84. The van der Waals surface area contributed by atoms with Crippen LogP contribution in [-0.4, -0.2) is 6.04 Å². The van der Waals surface area contributed by atoms with Gasteiger partial charge in [-0.2, -0.15) is 0 Å². The van der Waals surface area contributed by atoms with Crippen LogP contribution in [0.25, 0.3) is 0 Å². The fourth-order valence-electron chi connectivity index (χ4n) is 2.34. The summed E-state index contributed by atoms with van der Waals surface area (Å²) >= 11 is 0. The Hall–Kier alpha value is -1.80. The Kier molecular flexibility index (Phi) is 5.03. The lowest BCUT2D eigenvalue weighted by Crippen LogP contribution is -2.21. The van der Waals surface area contributed by atoms with E-state index in [1.807, 2.05) is 0 Å². The summed E-state index contributed by atoms with van der Waals surface area (Å²) in [5.41, 5.74) is 10.8. The van der Waals surface area contributed by atoms with Gasteiger partial charge >= 0.3 is 0 Å². The average molecular weight is 283 g/mol. The van der Waals surface area contributed by atoms with Gasteiger partial charge in [0, 0.05) is 6.04 Å². The largest absolute Gasteiger partial charge is 0.457 e. The second kappa shape index (κ2) is 6.77. The Morgan fingerprint density at radius 3 is 2.38 bits per heavy atom. The molecule has 0 aliphatic rings. The molecule has 0 heterocycles. The van der Waals surface area contributed by atoms with Gasteiger partial charge in [0.2, 0.25) is 0 Å². The van der Waals surface area contributed by atoms with E-state index in [2.05, 4.69) is 64.1 Å². The zero-order valence-corrected chi connectivity index (χ0v) is 13.4. The van der Waals surface area contributed by atoms with Crippen molar-refractivity contribution >= 4 is 0 Å². The molecule has 2 N–H and O–H groups in total. The minimum absolute atomic E-state index is 0.232. The number of ether oxygens (including phenoxy) is 1. The third kappa shape index (κ3) is 4.08. The number of benzene rings is 2. The minimum Gasteiger partial charge on any atom is -0.457 e. The molecule has 112 valence electrons. The topological polar surface area (TPSA) is 35.2 Å². The Labute approximate surface area is 127 Å². The lowest BCUT2D eigenvalue weighted by molar-refractivity contribution is 0.474. The Morgan fingerprint density at radius 2 is 1.71 bits per heavy atom. The number of hydrogen-bond acceptors (Lipinski definition) is 2. The zero-order valence-electron chi connectivity index (χ0n) is 13.4. The van der Waals surface area contributed by atoms with Crippen LogP contribution >= 0.6 is 0 Å². The second-order valence-electron chi connectivity index (χ2n) is 5.84. The van der Waals surface area contributed by atoms with Gasteiger partial charge in [-0.3, -0.25) is 0 Å². The summed E-state index contributed by atoms with van der Waals surface area (Å²) in [4.78, 5) is 0. The van der Waals surface area contributed by atoms with Gasteiger partial charge in [0.25, 0.3) is 0 Å². The third-order valence-corrected chi connectivity index (χ3v) is 3.83. The normalized spacial score (nSPS) is 12.2. The van der Waals surface area contributed by atoms with Crippen molar-refractivity contribution in [2.24, 2.45) is 5.73 Å². The molecule has 1 unspecified atom stereocenters. The van der Waals surface area contributed by atoms with E-state index in [9.17, 15) is 0 Å². The van der Waals surface area contributed by atoms with Crippen molar-refractivity contribution in [3.05, 3.63) is 58.7 Å². The van der Waals surface area contributed by atoms with Crippen molar-refractivity contribution in [2.75, 3.05) is 0 Å². The number of aryl methyl sites for hydroxylation is 3. The number of nitrogens with two attached hydrogens (primary N) is 1. The quantitative estimate of drug-likeness (QED) is 0.864. The smallest absolute Gasteiger partial charge is 0.130 e. The molecule has 0 aromatic heterocycles. The van der Waals surface area contributed by atoms with Crippen LogP contribution in [0, 0.1) is 20.8 Å². The highest BCUT2D eigenvalue weighted by molar-refractivity contribution is 5.43. The molecule has 2 heteroatoms. The summed E-state index contributed by atoms with van der Waals surface area (Å²) in [6.07, 6.45) is 1.92. The van der Waals surface area contributed by atoms with E-state index in [0.29, 0.717) is 0 Å². The molecule has 1 atom stereocenters. The standard InChI is InChI=1S/C19H25NO/c1-5-17(20)12-16-8-9-18(15(4)11-16)21-19-10-13(2)6-7-14(19)3/h6-11,17H,5,12,20H2,1-4H3. The molecule has 0 amide bonds. The highest BCUT2D eigenvalue weighted by atomic mass is 16.5. The molecule has 21 heavy (non-hydrogen) atoms. The first-order chi connectivity index (χ1) is 9.99. The predicted octanol–water partition coefficient (Wildman–Crippen LogP) is 4.68. The lowest BCUT2D eigenvalue weighted by Gasteiger charge is -2.14. The molecule has 0 bridgehead atoms. The minimum atomic E-state index is 0.232. The molecule has 2 aromatic carbocycles. The predicted molar refractivity (Wildman–Crippen MR) is 89.1 cm³/mol. The van der Waals surface area contributed by atoms with E-state index >= 15 is 0 Å². The van der Waals surface area contributed by atoms with Crippen LogP contribution in [0.15, 0.2) is 36.4 Å². The molecule has 2 rings (SSSR count). The summed E-state index contributed by atoms with van der Waals surface area (Å²) in [7, 11) is 0. The maximum Gasteiger partial charge on any atom is 0.130 e. The van der Waals surface area contributed by atoms with Crippen molar-refractivity contribution in [3.63, 3.8) is 0 Å². The molecule has 0 saturated heterocycles. The molecular weight excluding hydrogens is 258 g/mol. The van der Waals surface area contributed by atoms with Crippen LogP contribution in [0.5, 0.6) is 11.5 Å². The van der Waals surface area contributed by atoms with Crippen molar-refractivity contribution in [3.8, 4) is 11.5 Å². The van der Waals surface area contributed by atoms with Crippen LogP contribution in [-0.2, 0) is 6.42 Å². The molecule has 0 aliphatic carbocycles. The van der Waals surface area contributed by atoms with E-state index in [4.69, 9.17) is 10.5 Å². The van der Waals surface area contributed by atoms with Crippen molar-refractivity contribution in [1.29, 1.82) is 0 Å². The van der Waals surface area contributed by atoms with E-state index in [1.165, 1.54) is 11.1 Å². The first-order valence-electron chi connectivity index (χ1n) is 7.59. The molecule has 2 nitrogen and oxygen atoms in total. The van der Waals surface area contributed by atoms with Gasteiger partial charge in [0.15, 0.2) is 0 Å². The van der Waals surface area contributed by atoms with Gasteiger partial charge in [-0.05, 0) is 68.0 Å². The average Bonchev–Trinajstić information content (AvgIpc) is 2.45. The zero-order chi connectivity index (χ0) is 15.4. The van der Waals surface area contributed by atoms with E-state index in [1.54, 1.807) is 0 Å². The second-order valence-corrected chi connectivity index (χ2v) is 5.84. The summed E-state index contributed by atoms with van der Waals surface area (Å²) in [6.45, 7) is 8.35. The third-order valence-electron chi connectivity index (χ3n) is 3.83. The van der Waals surface area contributed by atoms with Gasteiger partial charge in [0.05, 0.1) is 0 Å². The van der Waals surface area contributed by atoms with Crippen LogP contribution in [0.4, 0.5) is 0 Å². The van der Waals surface area contributed by atoms with Crippen LogP contribution in [0.2, 0.25) is 0 Å². The van der Waals surface area contributed by atoms with Gasteiger partial charge in [-0.25, -0.2) is 0 Å². The van der Waals surface area contributed by atoms with Crippen molar-refractivity contribution < 1.29 is 4.74 Å². The molecule has 0 fully saturated rings. The first kappa shape index (κ1) is 15.6. The highest BCUT2D eigenvalue weighted by Crippen LogP contribution is 2.29. The highest BCUT2D eigenvalue weighted by Gasteiger charge is 2.07. The fourth-order valence-corrected chi connectivity index (χ4v) is 2.34. The first-order valence-corrected chi connectivity index (χ1v) is 7.59. The van der Waals surface area contributed by atoms with Crippen LogP contribution < -0.4 is 10.5 Å². The SMILES string of the molecule is CCC(N)Cc1ccc(Oc2cc(C)ccc2C)c(C)c1. The van der Waals surface area contributed by atoms with Crippen LogP contribution in [0.1, 0.15) is 35.6 Å². The lowest BCUT2D eigenvalue weighted by atomic mass is 10.0. The number of rotatable bonds is 5. The maximum atomic E-state index is 6.08. The monoisotopic (exact) mass is 283 g/mol. The fraction of sp³-hybridized carbons (Fsp3) is 0.368. The van der Waals surface area contributed by atoms with Crippen LogP contribution in [0.3, 0.4) is 0 Å². The summed E-state index contributed by atoms with van der Waals surface area (Å²) < 4.78 is 6.08. The maximum absolute atomic E-state index is 6.08. The molecule has 0 saturated carbocycles. The summed E-state index contributed by atoms with van der Waals surface area (Å²) in [6, 6.07) is 12.8. The molecule has 0 radical (unpaired) electrons. The van der Waals surface area contributed by atoms with Gasteiger partial charge < -0.3 is 10.5 Å². The Morgan fingerprint density at radius 1 is 0.952 bits per heavy atom. The molecule has 0 spiro atoms. The molecular formula is C19H25NO. The van der Waals surface area contributed by atoms with Gasteiger partial charge in [-0.15, -0.1) is 0 Å². The van der Waals surface area contributed by atoms with Gasteiger partial charge in [-0.1, -0.05) is 31.2 Å². The number of hydrogen-bond donors (Lipinski definition) is 1. The van der Waals surface area contributed by atoms with Crippen molar-refractivity contribution in [2.45, 2.75) is 46.6 Å². The molecule has 0 aliphatic heterocycles. The summed E-state index contributed by atoms with van der Waals surface area (Å²) in [5, 5.41) is 0. The van der Waals surface area contributed by atoms with E-state index < -0.39 is 0 Å². The van der Waals surface area contributed by atoms with E-state index in [-0.39, 0.29) is 6.04 Å². The molecule has 2 aromatic rings. The Bertz CT molecular complexity index is 619. The Balaban J connectivity index is 2.19. The van der Waals surface area contributed by atoms with E-state index in [0.717, 1.165) is 35.5 Å². The van der Waals surface area contributed by atoms with Gasteiger partial charge in [0.1, 0.15) is 11.5 Å². The van der Waals surface area contributed by atoms with Crippen molar-refractivity contribution in [1.82, 2.24) is 0 Å².